The Morgan fingerprint density at radius 2 is 2.21 bits per heavy atom. The molecular formula is C12H23NO. The van der Waals surface area contributed by atoms with Gasteiger partial charge in [-0.05, 0) is 38.2 Å². The quantitative estimate of drug-likeness (QED) is 0.731. The van der Waals surface area contributed by atoms with Crippen LogP contribution < -0.4 is 5.32 Å². The molecule has 14 heavy (non-hydrogen) atoms. The van der Waals surface area contributed by atoms with Gasteiger partial charge < -0.3 is 10.1 Å². The van der Waals surface area contributed by atoms with Crippen LogP contribution in [0.2, 0.25) is 0 Å². The molecule has 1 aliphatic rings. The molecule has 1 aliphatic heterocycles. The minimum Gasteiger partial charge on any atom is -0.497 e. The van der Waals surface area contributed by atoms with Crippen molar-refractivity contribution in [1.29, 1.82) is 0 Å². The normalized spacial score (nSPS) is 23.6. The fourth-order valence-corrected chi connectivity index (χ4v) is 1.86. The van der Waals surface area contributed by atoms with Crippen LogP contribution in [0.3, 0.4) is 0 Å². The van der Waals surface area contributed by atoms with Gasteiger partial charge in [0.15, 0.2) is 0 Å². The van der Waals surface area contributed by atoms with Gasteiger partial charge >= 0.3 is 0 Å². The predicted octanol–water partition coefficient (Wildman–Crippen LogP) is 2.70. The van der Waals surface area contributed by atoms with Crippen molar-refractivity contribution in [2.24, 2.45) is 5.92 Å². The second-order valence-corrected chi connectivity index (χ2v) is 4.65. The lowest BCUT2D eigenvalue weighted by Crippen LogP contribution is -2.35. The van der Waals surface area contributed by atoms with Crippen LogP contribution in [-0.4, -0.2) is 18.7 Å². The van der Waals surface area contributed by atoms with E-state index in [0.717, 1.165) is 25.3 Å². The van der Waals surface area contributed by atoms with Gasteiger partial charge in [0, 0.05) is 12.6 Å². The third-order valence-electron chi connectivity index (χ3n) is 2.54. The van der Waals surface area contributed by atoms with Crippen molar-refractivity contribution < 1.29 is 4.74 Å². The maximum absolute atomic E-state index is 5.49. The summed E-state index contributed by atoms with van der Waals surface area (Å²) in [6, 6.07) is 0.601. The second kappa shape index (κ2) is 6.07. The molecule has 2 heteroatoms. The van der Waals surface area contributed by atoms with Gasteiger partial charge in [-0.25, -0.2) is 0 Å². The average molecular weight is 197 g/mol. The lowest BCUT2D eigenvalue weighted by molar-refractivity contribution is 0.119. The Morgan fingerprint density at radius 3 is 2.79 bits per heavy atom. The first kappa shape index (κ1) is 11.6. The third-order valence-corrected chi connectivity index (χ3v) is 2.54. The van der Waals surface area contributed by atoms with Crippen molar-refractivity contribution in [1.82, 2.24) is 5.32 Å². The van der Waals surface area contributed by atoms with Crippen LogP contribution in [0, 0.1) is 5.92 Å². The Bertz CT molecular complexity index is 177. The minimum absolute atomic E-state index is 0.384. The van der Waals surface area contributed by atoms with E-state index in [2.05, 4.69) is 32.2 Å². The van der Waals surface area contributed by atoms with Crippen molar-refractivity contribution in [2.75, 3.05) is 6.54 Å². The number of nitrogens with one attached hydrogen (secondary N) is 1. The smallest absolute Gasteiger partial charge is 0.110 e. The highest BCUT2D eigenvalue weighted by molar-refractivity contribution is 4.83. The Balaban J connectivity index is 2.10. The van der Waals surface area contributed by atoms with E-state index in [1.54, 1.807) is 0 Å². The van der Waals surface area contributed by atoms with E-state index < -0.39 is 0 Å². The number of hydrogen-bond donors (Lipinski definition) is 1. The minimum atomic E-state index is 0.384. The van der Waals surface area contributed by atoms with Crippen molar-refractivity contribution >= 4 is 0 Å². The highest BCUT2D eigenvalue weighted by Gasteiger charge is 2.12. The van der Waals surface area contributed by atoms with E-state index in [4.69, 9.17) is 4.74 Å². The van der Waals surface area contributed by atoms with Crippen LogP contribution in [0.25, 0.3) is 0 Å². The molecule has 82 valence electrons. The van der Waals surface area contributed by atoms with Gasteiger partial charge in [-0.1, -0.05) is 13.8 Å². The molecule has 0 saturated carbocycles. The first-order chi connectivity index (χ1) is 6.68. The molecule has 0 aromatic heterocycles. The molecule has 0 radical (unpaired) electrons. The van der Waals surface area contributed by atoms with E-state index in [0.29, 0.717) is 12.1 Å². The van der Waals surface area contributed by atoms with Crippen LogP contribution in [0.15, 0.2) is 12.3 Å². The summed E-state index contributed by atoms with van der Waals surface area (Å²) in [6.45, 7) is 7.76. The molecule has 0 aliphatic carbocycles. The maximum Gasteiger partial charge on any atom is 0.110 e. The topological polar surface area (TPSA) is 21.3 Å². The zero-order valence-corrected chi connectivity index (χ0v) is 9.62. The van der Waals surface area contributed by atoms with Crippen LogP contribution in [0.5, 0.6) is 0 Å². The summed E-state index contributed by atoms with van der Waals surface area (Å²) in [6.07, 6.45) is 7.86. The van der Waals surface area contributed by atoms with Crippen molar-refractivity contribution in [2.45, 2.75) is 52.2 Å². The van der Waals surface area contributed by atoms with Crippen molar-refractivity contribution in [3.63, 3.8) is 0 Å². The van der Waals surface area contributed by atoms with E-state index in [9.17, 15) is 0 Å². The summed E-state index contributed by atoms with van der Waals surface area (Å²) in [5.41, 5.74) is 0. The molecule has 2 nitrogen and oxygen atoms in total. The SMILES string of the molecule is CC(C)CC(C)NCC1CCC=CO1. The van der Waals surface area contributed by atoms with E-state index in [-0.39, 0.29) is 0 Å². The molecule has 0 saturated heterocycles. The van der Waals surface area contributed by atoms with Gasteiger partial charge in [0.05, 0.1) is 6.26 Å². The third kappa shape index (κ3) is 4.66. The molecule has 1 N–H and O–H groups in total. The van der Waals surface area contributed by atoms with Crippen LogP contribution in [-0.2, 0) is 4.74 Å². The zero-order valence-electron chi connectivity index (χ0n) is 9.62. The first-order valence-corrected chi connectivity index (χ1v) is 5.72. The molecule has 1 rings (SSSR count). The van der Waals surface area contributed by atoms with E-state index in [1.807, 2.05) is 6.26 Å². The fourth-order valence-electron chi connectivity index (χ4n) is 1.86. The predicted molar refractivity (Wildman–Crippen MR) is 60.2 cm³/mol. The molecule has 0 spiro atoms. The van der Waals surface area contributed by atoms with Gasteiger partial charge in [-0.15, -0.1) is 0 Å². The first-order valence-electron chi connectivity index (χ1n) is 5.72. The Morgan fingerprint density at radius 1 is 1.43 bits per heavy atom. The summed E-state index contributed by atoms with van der Waals surface area (Å²) in [4.78, 5) is 0. The average Bonchev–Trinajstić information content (AvgIpc) is 2.15. The summed E-state index contributed by atoms with van der Waals surface area (Å²) in [5, 5.41) is 3.52. The van der Waals surface area contributed by atoms with Gasteiger partial charge in [0.25, 0.3) is 0 Å². The number of allylic oxidation sites excluding steroid dienone is 1. The molecule has 2 atom stereocenters. The summed E-state index contributed by atoms with van der Waals surface area (Å²) < 4.78 is 5.49. The Hall–Kier alpha value is -0.500. The molecule has 0 aromatic carbocycles. The highest BCUT2D eigenvalue weighted by atomic mass is 16.5. The Kier molecular flexibility index (Phi) is 5.02. The number of hydrogen-bond acceptors (Lipinski definition) is 2. The lowest BCUT2D eigenvalue weighted by Gasteiger charge is -2.23. The number of rotatable bonds is 5. The summed E-state index contributed by atoms with van der Waals surface area (Å²) in [7, 11) is 0. The van der Waals surface area contributed by atoms with E-state index >= 15 is 0 Å². The molecular weight excluding hydrogens is 174 g/mol. The van der Waals surface area contributed by atoms with Gasteiger partial charge in [0.2, 0.25) is 0 Å². The molecule has 0 aromatic rings. The second-order valence-electron chi connectivity index (χ2n) is 4.65. The maximum atomic E-state index is 5.49. The molecule has 0 bridgehead atoms. The largest absolute Gasteiger partial charge is 0.497 e. The number of ether oxygens (including phenoxy) is 1. The lowest BCUT2D eigenvalue weighted by atomic mass is 10.0. The van der Waals surface area contributed by atoms with Crippen LogP contribution >= 0.6 is 0 Å². The molecule has 1 heterocycles. The molecule has 2 unspecified atom stereocenters. The van der Waals surface area contributed by atoms with Gasteiger partial charge in [0.1, 0.15) is 6.10 Å². The highest BCUT2D eigenvalue weighted by Crippen LogP contribution is 2.10. The van der Waals surface area contributed by atoms with Crippen molar-refractivity contribution in [3.05, 3.63) is 12.3 Å². The van der Waals surface area contributed by atoms with Gasteiger partial charge in [-0.2, -0.15) is 0 Å². The fraction of sp³-hybridized carbons (Fsp3) is 0.833. The Labute approximate surface area is 87.7 Å². The molecule has 0 amide bonds. The van der Waals surface area contributed by atoms with Crippen LogP contribution in [0.1, 0.15) is 40.0 Å². The van der Waals surface area contributed by atoms with Crippen molar-refractivity contribution in [3.8, 4) is 0 Å². The monoisotopic (exact) mass is 197 g/mol. The van der Waals surface area contributed by atoms with Gasteiger partial charge in [-0.3, -0.25) is 0 Å². The molecule has 0 fully saturated rings. The van der Waals surface area contributed by atoms with Crippen LogP contribution in [0.4, 0.5) is 0 Å². The van der Waals surface area contributed by atoms with E-state index in [1.165, 1.54) is 6.42 Å². The summed E-state index contributed by atoms with van der Waals surface area (Å²) in [5.74, 6) is 0.768. The zero-order chi connectivity index (χ0) is 10.4. The standard InChI is InChI=1S/C12H23NO/c1-10(2)8-11(3)13-9-12-6-4-5-7-14-12/h5,7,10-13H,4,6,8-9H2,1-3H3. The summed E-state index contributed by atoms with van der Waals surface area (Å²) >= 11 is 0.